The Kier molecular flexibility index (Phi) is 2.09. The number of carbonyl (C=O) groups is 1. The molecule has 2 aromatic rings. The lowest BCUT2D eigenvalue weighted by Crippen LogP contribution is -2.12. The average Bonchev–Trinajstić information content (AvgIpc) is 2.17. The maximum absolute atomic E-state index is 10.9. The van der Waals surface area contributed by atoms with E-state index in [1.165, 1.54) is 0 Å². The molecule has 0 radical (unpaired) electrons. The predicted octanol–water partition coefficient (Wildman–Crippen LogP) is 1.99. The Morgan fingerprint density at radius 3 is 2.79 bits per heavy atom. The van der Waals surface area contributed by atoms with E-state index in [-0.39, 0.29) is 5.69 Å². The molecule has 14 heavy (non-hydrogen) atoms. The molecule has 1 heterocycles. The maximum atomic E-state index is 10.9. The normalized spacial score (nSPS) is 10.4. The van der Waals surface area contributed by atoms with Crippen LogP contribution in [0.1, 0.15) is 10.5 Å². The van der Waals surface area contributed by atoms with Gasteiger partial charge in [0.2, 0.25) is 0 Å². The van der Waals surface area contributed by atoms with Crippen LogP contribution in [0.25, 0.3) is 10.9 Å². The summed E-state index contributed by atoms with van der Waals surface area (Å²) in [5.74, 6) is -0.535. The van der Waals surface area contributed by atoms with Crippen LogP contribution >= 0.6 is 11.6 Å². The molecule has 0 fully saturated rings. The van der Waals surface area contributed by atoms with Gasteiger partial charge in [-0.15, -0.1) is 0 Å². The zero-order valence-corrected chi connectivity index (χ0v) is 7.95. The second-order valence-electron chi connectivity index (χ2n) is 2.87. The van der Waals surface area contributed by atoms with Gasteiger partial charge in [-0.25, -0.2) is 4.98 Å². The van der Waals surface area contributed by atoms with Gasteiger partial charge in [-0.1, -0.05) is 17.7 Å². The summed E-state index contributed by atoms with van der Waals surface area (Å²) in [6.45, 7) is 0. The van der Waals surface area contributed by atoms with Crippen LogP contribution in [0.5, 0.6) is 0 Å². The Balaban J connectivity index is 2.73. The van der Waals surface area contributed by atoms with Crippen molar-refractivity contribution in [3.05, 3.63) is 41.0 Å². The van der Waals surface area contributed by atoms with E-state index in [9.17, 15) is 4.79 Å². The molecule has 70 valence electrons. The summed E-state index contributed by atoms with van der Waals surface area (Å²) in [5, 5.41) is 1.44. The molecular formula is C10H7ClN2O. The maximum Gasteiger partial charge on any atom is 0.267 e. The highest BCUT2D eigenvalue weighted by Crippen LogP contribution is 2.21. The number of primary amides is 1. The number of amides is 1. The van der Waals surface area contributed by atoms with Crippen molar-refractivity contribution >= 4 is 28.4 Å². The van der Waals surface area contributed by atoms with Crippen molar-refractivity contribution in [2.45, 2.75) is 0 Å². The number of nitrogens with zero attached hydrogens (tertiary/aromatic N) is 1. The molecule has 0 spiro atoms. The third kappa shape index (κ3) is 1.42. The van der Waals surface area contributed by atoms with Crippen molar-refractivity contribution < 1.29 is 4.79 Å². The number of benzene rings is 1. The smallest absolute Gasteiger partial charge is 0.267 e. The zero-order valence-electron chi connectivity index (χ0n) is 7.20. The Labute approximate surface area is 85.5 Å². The van der Waals surface area contributed by atoms with E-state index in [1.54, 1.807) is 30.3 Å². The predicted molar refractivity (Wildman–Crippen MR) is 55.3 cm³/mol. The van der Waals surface area contributed by atoms with Gasteiger partial charge in [0.25, 0.3) is 5.91 Å². The highest BCUT2D eigenvalue weighted by molar-refractivity contribution is 6.35. The molecule has 0 atom stereocenters. The number of hydrogen-bond acceptors (Lipinski definition) is 2. The van der Waals surface area contributed by atoms with Gasteiger partial charge in [0.05, 0.1) is 5.52 Å². The fraction of sp³-hybridized carbons (Fsp3) is 0. The molecular weight excluding hydrogens is 200 g/mol. The van der Waals surface area contributed by atoms with Crippen molar-refractivity contribution in [1.29, 1.82) is 0 Å². The van der Waals surface area contributed by atoms with E-state index >= 15 is 0 Å². The SMILES string of the molecule is NC(=O)c1ccc2c(Cl)cccc2n1. The third-order valence-electron chi connectivity index (χ3n) is 1.93. The third-order valence-corrected chi connectivity index (χ3v) is 2.26. The van der Waals surface area contributed by atoms with E-state index in [1.807, 2.05) is 0 Å². The van der Waals surface area contributed by atoms with Crippen molar-refractivity contribution in [3.63, 3.8) is 0 Å². The van der Waals surface area contributed by atoms with Gasteiger partial charge in [-0.3, -0.25) is 4.79 Å². The van der Waals surface area contributed by atoms with Crippen LogP contribution < -0.4 is 5.73 Å². The van der Waals surface area contributed by atoms with Crippen molar-refractivity contribution in [3.8, 4) is 0 Å². The first-order valence-electron chi connectivity index (χ1n) is 4.03. The minimum atomic E-state index is -0.535. The highest BCUT2D eigenvalue weighted by atomic mass is 35.5. The molecule has 4 heteroatoms. The van der Waals surface area contributed by atoms with Crippen molar-refractivity contribution in [1.82, 2.24) is 4.98 Å². The second kappa shape index (κ2) is 3.27. The summed E-state index contributed by atoms with van der Waals surface area (Å²) in [6, 6.07) is 8.65. The summed E-state index contributed by atoms with van der Waals surface area (Å²) in [6.07, 6.45) is 0. The minimum absolute atomic E-state index is 0.250. The molecule has 0 saturated carbocycles. The molecule has 2 rings (SSSR count). The summed E-state index contributed by atoms with van der Waals surface area (Å²) >= 11 is 5.93. The Bertz CT molecular complexity index is 510. The van der Waals surface area contributed by atoms with Gasteiger partial charge < -0.3 is 5.73 Å². The number of halogens is 1. The molecule has 1 aromatic carbocycles. The lowest BCUT2D eigenvalue weighted by atomic mass is 10.2. The standard InChI is InChI=1S/C10H7ClN2O/c11-7-2-1-3-8-6(7)4-5-9(13-8)10(12)14/h1-5H,(H2,12,14). The number of aromatic nitrogens is 1. The van der Waals surface area contributed by atoms with E-state index in [0.717, 1.165) is 5.39 Å². The van der Waals surface area contributed by atoms with Crippen molar-refractivity contribution in [2.24, 2.45) is 5.73 Å². The van der Waals surface area contributed by atoms with E-state index in [4.69, 9.17) is 17.3 Å². The Hall–Kier alpha value is -1.61. The molecule has 0 saturated heterocycles. The molecule has 3 nitrogen and oxygen atoms in total. The van der Waals surface area contributed by atoms with Gasteiger partial charge in [0.1, 0.15) is 5.69 Å². The largest absolute Gasteiger partial charge is 0.364 e. The van der Waals surface area contributed by atoms with Gasteiger partial charge in [0, 0.05) is 10.4 Å². The van der Waals surface area contributed by atoms with Crippen molar-refractivity contribution in [2.75, 3.05) is 0 Å². The molecule has 0 bridgehead atoms. The highest BCUT2D eigenvalue weighted by Gasteiger charge is 2.04. The molecule has 0 unspecified atom stereocenters. The number of rotatable bonds is 1. The van der Waals surface area contributed by atoms with E-state index in [0.29, 0.717) is 10.5 Å². The van der Waals surface area contributed by atoms with E-state index < -0.39 is 5.91 Å². The van der Waals surface area contributed by atoms with Crippen LogP contribution in [0.3, 0.4) is 0 Å². The number of carbonyl (C=O) groups excluding carboxylic acids is 1. The summed E-state index contributed by atoms with van der Waals surface area (Å²) < 4.78 is 0. The average molecular weight is 207 g/mol. The first-order chi connectivity index (χ1) is 6.68. The van der Waals surface area contributed by atoms with Gasteiger partial charge in [-0.05, 0) is 24.3 Å². The van der Waals surface area contributed by atoms with Gasteiger partial charge in [0.15, 0.2) is 0 Å². The first-order valence-corrected chi connectivity index (χ1v) is 4.41. The fourth-order valence-electron chi connectivity index (χ4n) is 1.25. The van der Waals surface area contributed by atoms with Crippen LogP contribution in [-0.2, 0) is 0 Å². The molecule has 0 aliphatic rings. The molecule has 0 aliphatic heterocycles. The minimum Gasteiger partial charge on any atom is -0.364 e. The molecule has 1 aromatic heterocycles. The fourth-order valence-corrected chi connectivity index (χ4v) is 1.49. The summed E-state index contributed by atoms with van der Waals surface area (Å²) in [5.41, 5.74) is 6.03. The lowest BCUT2D eigenvalue weighted by molar-refractivity contribution is 0.0996. The second-order valence-corrected chi connectivity index (χ2v) is 3.27. The number of hydrogen-bond donors (Lipinski definition) is 1. The Morgan fingerprint density at radius 1 is 1.29 bits per heavy atom. The number of nitrogens with two attached hydrogens (primary N) is 1. The van der Waals surface area contributed by atoms with Crippen LogP contribution in [0.4, 0.5) is 0 Å². The van der Waals surface area contributed by atoms with Crippen LogP contribution in [0.15, 0.2) is 30.3 Å². The first kappa shape index (κ1) is 8.97. The van der Waals surface area contributed by atoms with E-state index in [2.05, 4.69) is 4.98 Å². The summed E-state index contributed by atoms with van der Waals surface area (Å²) in [4.78, 5) is 14.9. The lowest BCUT2D eigenvalue weighted by Gasteiger charge is -2.00. The summed E-state index contributed by atoms with van der Waals surface area (Å²) in [7, 11) is 0. The van der Waals surface area contributed by atoms with Crippen LogP contribution in [0.2, 0.25) is 5.02 Å². The molecule has 0 aliphatic carbocycles. The molecule has 2 N–H and O–H groups in total. The zero-order chi connectivity index (χ0) is 10.1. The number of fused-ring (bicyclic) bond motifs is 1. The molecule has 1 amide bonds. The Morgan fingerprint density at radius 2 is 2.07 bits per heavy atom. The van der Waals surface area contributed by atoms with Gasteiger partial charge in [-0.2, -0.15) is 0 Å². The van der Waals surface area contributed by atoms with Crippen LogP contribution in [0, 0.1) is 0 Å². The number of pyridine rings is 1. The van der Waals surface area contributed by atoms with Crippen LogP contribution in [-0.4, -0.2) is 10.9 Å². The monoisotopic (exact) mass is 206 g/mol. The van der Waals surface area contributed by atoms with Gasteiger partial charge >= 0.3 is 0 Å². The quantitative estimate of drug-likeness (QED) is 0.776. The topological polar surface area (TPSA) is 56.0 Å².